The van der Waals surface area contributed by atoms with Crippen LogP contribution in [0.4, 0.5) is 0 Å². The van der Waals surface area contributed by atoms with Crippen molar-refractivity contribution in [3.8, 4) is 5.75 Å². The molecule has 1 N–H and O–H groups in total. The Morgan fingerprint density at radius 3 is 2.36 bits per heavy atom. The monoisotopic (exact) mass is 327 g/mol. The number of ether oxygens (including phenoxy) is 2. The number of carbonyl (C=O) groups is 1. The molecule has 0 spiro atoms. The summed E-state index contributed by atoms with van der Waals surface area (Å²) >= 11 is 5.82. The van der Waals surface area contributed by atoms with E-state index in [1.165, 1.54) is 0 Å². The lowest BCUT2D eigenvalue weighted by Gasteiger charge is -2.30. The molecular weight excluding hydrogens is 302 g/mol. The highest BCUT2D eigenvalue weighted by atomic mass is 35.5. The fraction of sp³-hybridized carbons (Fsp3) is 0.588. The maximum absolute atomic E-state index is 9.60. The normalized spacial score (nSPS) is 21.3. The van der Waals surface area contributed by atoms with Crippen molar-refractivity contribution in [2.45, 2.75) is 45.8 Å². The van der Waals surface area contributed by atoms with Gasteiger partial charge in [-0.2, -0.15) is 0 Å². The lowest BCUT2D eigenvalue weighted by Crippen LogP contribution is -2.41. The summed E-state index contributed by atoms with van der Waals surface area (Å²) in [6.07, 6.45) is 1.40. The molecular formula is C17H26ClNO3. The molecule has 0 aromatic heterocycles. The second-order valence-corrected chi connectivity index (χ2v) is 6.84. The van der Waals surface area contributed by atoms with Crippen LogP contribution in [-0.4, -0.2) is 31.3 Å². The van der Waals surface area contributed by atoms with E-state index in [1.807, 2.05) is 45.0 Å². The molecule has 2 unspecified atom stereocenters. The average Bonchev–Trinajstić information content (AvgIpc) is 2.43. The van der Waals surface area contributed by atoms with Crippen molar-refractivity contribution >= 4 is 18.1 Å². The first-order valence-electron chi connectivity index (χ1n) is 7.56. The van der Waals surface area contributed by atoms with Crippen molar-refractivity contribution in [3.63, 3.8) is 0 Å². The van der Waals surface area contributed by atoms with E-state index in [2.05, 4.69) is 17.0 Å². The topological polar surface area (TPSA) is 47.6 Å². The van der Waals surface area contributed by atoms with Crippen LogP contribution in [0.25, 0.3) is 0 Å². The first-order chi connectivity index (χ1) is 10.3. The van der Waals surface area contributed by atoms with Gasteiger partial charge in [0.2, 0.25) is 0 Å². The summed E-state index contributed by atoms with van der Waals surface area (Å²) in [6, 6.07) is 7.58. The summed E-state index contributed by atoms with van der Waals surface area (Å²) in [5.74, 6) is 1.48. The first kappa shape index (κ1) is 18.8. The van der Waals surface area contributed by atoms with Gasteiger partial charge < -0.3 is 14.8 Å². The van der Waals surface area contributed by atoms with E-state index in [-0.39, 0.29) is 5.60 Å². The van der Waals surface area contributed by atoms with Gasteiger partial charge in [0, 0.05) is 17.5 Å². The second kappa shape index (κ2) is 9.01. The van der Waals surface area contributed by atoms with Crippen molar-refractivity contribution in [2.24, 2.45) is 5.92 Å². The molecule has 2 atom stereocenters. The molecule has 1 fully saturated rings. The molecule has 1 aliphatic rings. The highest BCUT2D eigenvalue weighted by Crippen LogP contribution is 2.21. The third kappa shape index (κ3) is 7.66. The molecule has 0 amide bonds. The van der Waals surface area contributed by atoms with E-state index < -0.39 is 0 Å². The van der Waals surface area contributed by atoms with E-state index in [0.29, 0.717) is 18.5 Å². The highest BCUT2D eigenvalue weighted by Gasteiger charge is 2.22. The van der Waals surface area contributed by atoms with Gasteiger partial charge in [-0.1, -0.05) is 18.5 Å². The number of halogens is 1. The van der Waals surface area contributed by atoms with Crippen LogP contribution in [0.2, 0.25) is 5.02 Å². The molecule has 22 heavy (non-hydrogen) atoms. The van der Waals surface area contributed by atoms with Crippen LogP contribution in [0.3, 0.4) is 0 Å². The number of hydrogen-bond donors (Lipinski definition) is 1. The van der Waals surface area contributed by atoms with Crippen molar-refractivity contribution < 1.29 is 14.3 Å². The highest BCUT2D eigenvalue weighted by molar-refractivity contribution is 6.30. The molecule has 124 valence electrons. The van der Waals surface area contributed by atoms with E-state index >= 15 is 0 Å². The maximum Gasteiger partial charge on any atom is 0.293 e. The zero-order chi connectivity index (χ0) is 16.6. The van der Waals surface area contributed by atoms with Crippen LogP contribution in [0, 0.1) is 5.92 Å². The van der Waals surface area contributed by atoms with Gasteiger partial charge in [-0.3, -0.25) is 4.79 Å². The fourth-order valence-electron chi connectivity index (χ4n) is 2.00. The molecule has 1 aromatic rings. The number of nitrogens with one attached hydrogen (secondary N) is 1. The Bertz CT molecular complexity index is 442. The van der Waals surface area contributed by atoms with Crippen LogP contribution in [0.5, 0.6) is 5.75 Å². The van der Waals surface area contributed by atoms with Crippen molar-refractivity contribution in [1.29, 1.82) is 0 Å². The zero-order valence-corrected chi connectivity index (χ0v) is 14.5. The standard InChI is InChI=1S/C12H16ClNO.C5H10O2/c1-9-8-14-7-6-12(9)15-11-4-2-10(13)3-5-11;1-5(2,3)7-4-6/h2-5,9,12,14H,6-8H2,1H3;4H,1-3H3. The van der Waals surface area contributed by atoms with Gasteiger partial charge in [0.15, 0.2) is 0 Å². The van der Waals surface area contributed by atoms with Crippen LogP contribution >= 0.6 is 11.6 Å². The summed E-state index contributed by atoms with van der Waals surface area (Å²) in [5.41, 5.74) is -0.318. The minimum Gasteiger partial charge on any atom is -0.490 e. The van der Waals surface area contributed by atoms with Gasteiger partial charge in [-0.15, -0.1) is 0 Å². The van der Waals surface area contributed by atoms with Crippen LogP contribution < -0.4 is 10.1 Å². The van der Waals surface area contributed by atoms with Crippen molar-refractivity contribution in [1.82, 2.24) is 5.32 Å². The molecule has 1 aliphatic heterocycles. The molecule has 5 heteroatoms. The van der Waals surface area contributed by atoms with E-state index in [4.69, 9.17) is 16.3 Å². The third-order valence-corrected chi connectivity index (χ3v) is 3.46. The van der Waals surface area contributed by atoms with E-state index in [1.54, 1.807) is 0 Å². The Kier molecular flexibility index (Phi) is 7.69. The Morgan fingerprint density at radius 1 is 1.27 bits per heavy atom. The Hall–Kier alpha value is -1.26. The zero-order valence-electron chi connectivity index (χ0n) is 13.8. The van der Waals surface area contributed by atoms with Gasteiger partial charge in [-0.25, -0.2) is 0 Å². The fourth-order valence-corrected chi connectivity index (χ4v) is 2.12. The molecule has 0 aliphatic carbocycles. The predicted molar refractivity (Wildman–Crippen MR) is 89.4 cm³/mol. The lowest BCUT2D eigenvalue weighted by molar-refractivity contribution is -0.138. The van der Waals surface area contributed by atoms with Gasteiger partial charge >= 0.3 is 0 Å². The van der Waals surface area contributed by atoms with Gasteiger partial charge in [0.1, 0.15) is 17.5 Å². The molecule has 0 bridgehead atoms. The predicted octanol–water partition coefficient (Wildman–Crippen LogP) is 3.67. The van der Waals surface area contributed by atoms with Crippen LogP contribution in [0.15, 0.2) is 24.3 Å². The largest absolute Gasteiger partial charge is 0.490 e. The number of piperidine rings is 1. The SMILES string of the molecule is CC(C)(C)OC=O.CC1CNCCC1Oc1ccc(Cl)cc1. The number of rotatable bonds is 3. The Balaban J connectivity index is 0.000000295. The van der Waals surface area contributed by atoms with Crippen molar-refractivity contribution in [3.05, 3.63) is 29.3 Å². The third-order valence-electron chi connectivity index (χ3n) is 3.21. The van der Waals surface area contributed by atoms with E-state index in [9.17, 15) is 4.79 Å². The summed E-state index contributed by atoms with van der Waals surface area (Å²) in [4.78, 5) is 9.60. The first-order valence-corrected chi connectivity index (χ1v) is 7.94. The minimum absolute atomic E-state index is 0.318. The maximum atomic E-state index is 9.60. The molecule has 1 aromatic carbocycles. The number of benzene rings is 1. The molecule has 1 heterocycles. The van der Waals surface area contributed by atoms with Gasteiger partial charge in [0.05, 0.1) is 0 Å². The molecule has 0 radical (unpaired) electrons. The summed E-state index contributed by atoms with van der Waals surface area (Å²) < 4.78 is 10.5. The Morgan fingerprint density at radius 2 is 1.91 bits per heavy atom. The molecule has 4 nitrogen and oxygen atoms in total. The summed E-state index contributed by atoms with van der Waals surface area (Å²) in [7, 11) is 0. The summed E-state index contributed by atoms with van der Waals surface area (Å²) in [6.45, 7) is 10.2. The molecule has 2 rings (SSSR count). The second-order valence-electron chi connectivity index (χ2n) is 6.41. The smallest absolute Gasteiger partial charge is 0.293 e. The molecule has 1 saturated heterocycles. The number of hydrogen-bond acceptors (Lipinski definition) is 4. The van der Waals surface area contributed by atoms with Crippen LogP contribution in [-0.2, 0) is 9.53 Å². The summed E-state index contributed by atoms with van der Waals surface area (Å²) in [5, 5.41) is 4.11. The van der Waals surface area contributed by atoms with Gasteiger partial charge in [-0.05, 0) is 58.0 Å². The van der Waals surface area contributed by atoms with E-state index in [0.717, 1.165) is 30.3 Å². The lowest BCUT2D eigenvalue weighted by atomic mass is 9.98. The van der Waals surface area contributed by atoms with Gasteiger partial charge in [0.25, 0.3) is 6.47 Å². The minimum atomic E-state index is -0.318. The Labute approximate surface area is 138 Å². The number of carbonyl (C=O) groups excluding carboxylic acids is 1. The quantitative estimate of drug-likeness (QED) is 0.860. The average molecular weight is 328 g/mol. The van der Waals surface area contributed by atoms with Crippen LogP contribution in [0.1, 0.15) is 34.1 Å². The molecule has 0 saturated carbocycles. The van der Waals surface area contributed by atoms with Crippen molar-refractivity contribution in [2.75, 3.05) is 13.1 Å².